The SMILES string of the molecule is c1ccc2c(-c3cc(-c4ccc5oc6cccnc6c5c4)cc(-c4ccc5oc6cccnc6c5c4)c3)c3sc4ccccc4c3nc2c1.c1ccc2c(c1)-c1ccccc1C21c2ccccc2-c2ccc(-c3c4ccccc4nc4c3sc3ccccc34)cc21. The Morgan fingerprint density at radius 1 is 0.275 bits per heavy atom. The lowest BCUT2D eigenvalue weighted by Gasteiger charge is -2.30. The first-order valence-corrected chi connectivity index (χ1v) is 32.3. The number of nitrogens with zero attached hydrogens (tertiary/aromatic N) is 4. The number of para-hydroxylation sites is 2. The quantitative estimate of drug-likeness (QED) is 0.175. The predicted molar refractivity (Wildman–Crippen MR) is 377 cm³/mol. The third-order valence-corrected chi connectivity index (χ3v) is 21.4. The number of hydrogen-bond donors (Lipinski definition) is 0. The number of thiophene rings is 2. The van der Waals surface area contributed by atoms with Crippen LogP contribution in [0.3, 0.4) is 0 Å². The average molecular weight is 1200 g/mol. The van der Waals surface area contributed by atoms with Crippen LogP contribution in [0.2, 0.25) is 0 Å². The van der Waals surface area contributed by atoms with E-state index in [1.165, 1.54) is 96.2 Å². The summed E-state index contributed by atoms with van der Waals surface area (Å²) in [5, 5.41) is 6.74. The van der Waals surface area contributed by atoms with E-state index >= 15 is 0 Å². The molecule has 0 amide bonds. The van der Waals surface area contributed by atoms with Crippen LogP contribution in [0.25, 0.3) is 173 Å². The van der Waals surface area contributed by atoms with Crippen LogP contribution in [0.1, 0.15) is 22.3 Å². The van der Waals surface area contributed by atoms with Crippen LogP contribution in [0.4, 0.5) is 0 Å². The van der Waals surface area contributed by atoms with Gasteiger partial charge in [-0.1, -0.05) is 170 Å². The van der Waals surface area contributed by atoms with Gasteiger partial charge in [0, 0.05) is 65.2 Å². The summed E-state index contributed by atoms with van der Waals surface area (Å²) in [5.41, 5.74) is 28.8. The van der Waals surface area contributed by atoms with Gasteiger partial charge >= 0.3 is 0 Å². The van der Waals surface area contributed by atoms with E-state index < -0.39 is 0 Å². The minimum atomic E-state index is -0.350. The topological polar surface area (TPSA) is 77.8 Å². The molecule has 0 N–H and O–H groups in total. The maximum absolute atomic E-state index is 6.14. The smallest absolute Gasteiger partial charge is 0.153 e. The lowest BCUT2D eigenvalue weighted by molar-refractivity contribution is 0.668. The molecule has 8 aromatic heterocycles. The lowest BCUT2D eigenvalue weighted by atomic mass is 9.70. The van der Waals surface area contributed by atoms with Crippen molar-refractivity contribution in [3.05, 3.63) is 302 Å². The molecule has 21 rings (SSSR count). The van der Waals surface area contributed by atoms with Gasteiger partial charge in [0.2, 0.25) is 0 Å². The van der Waals surface area contributed by atoms with Crippen LogP contribution >= 0.6 is 22.7 Å². The molecule has 91 heavy (non-hydrogen) atoms. The van der Waals surface area contributed by atoms with Crippen LogP contribution in [0.15, 0.2) is 288 Å². The Morgan fingerprint density at radius 3 is 1.21 bits per heavy atom. The van der Waals surface area contributed by atoms with E-state index in [1.807, 2.05) is 48.0 Å². The first-order valence-electron chi connectivity index (χ1n) is 30.6. The lowest BCUT2D eigenvalue weighted by Crippen LogP contribution is -2.25. The zero-order chi connectivity index (χ0) is 59.5. The van der Waals surface area contributed by atoms with Gasteiger partial charge in [-0.05, 0) is 175 Å². The van der Waals surface area contributed by atoms with Crippen molar-refractivity contribution >= 4 is 129 Å². The summed E-state index contributed by atoms with van der Waals surface area (Å²) in [7, 11) is 0. The van der Waals surface area contributed by atoms with Gasteiger partial charge in [0.1, 0.15) is 22.2 Å². The van der Waals surface area contributed by atoms with Crippen molar-refractivity contribution in [2.75, 3.05) is 0 Å². The van der Waals surface area contributed by atoms with Crippen LogP contribution in [-0.2, 0) is 5.41 Å². The van der Waals surface area contributed by atoms with E-state index in [2.05, 4.69) is 253 Å². The van der Waals surface area contributed by atoms with Gasteiger partial charge in [-0.3, -0.25) is 9.97 Å². The van der Waals surface area contributed by atoms with Crippen LogP contribution in [-0.4, -0.2) is 19.9 Å². The van der Waals surface area contributed by atoms with Crippen LogP contribution < -0.4 is 0 Å². The number of benzene rings is 11. The third-order valence-electron chi connectivity index (χ3n) is 19.0. The first-order chi connectivity index (χ1) is 45.1. The number of fused-ring (bicyclic) bond motifs is 24. The summed E-state index contributed by atoms with van der Waals surface area (Å²) in [4.78, 5) is 19.7. The molecule has 0 aliphatic heterocycles. The zero-order valence-corrected chi connectivity index (χ0v) is 50.1. The number of furan rings is 2. The molecule has 6 nitrogen and oxygen atoms in total. The Labute approximate surface area is 528 Å². The van der Waals surface area contributed by atoms with Crippen molar-refractivity contribution in [2.45, 2.75) is 5.41 Å². The summed E-state index contributed by atoms with van der Waals surface area (Å²) in [6, 6.07) is 96.1. The largest absolute Gasteiger partial charge is 0.454 e. The highest BCUT2D eigenvalue weighted by Crippen LogP contribution is 2.63. The molecule has 0 unspecified atom stereocenters. The Kier molecular flexibility index (Phi) is 10.7. The minimum Gasteiger partial charge on any atom is -0.454 e. The monoisotopic (exact) mass is 1190 g/mol. The zero-order valence-electron chi connectivity index (χ0n) is 48.5. The Morgan fingerprint density at radius 2 is 0.692 bits per heavy atom. The molecule has 0 atom stereocenters. The molecule has 8 heteroatoms. The number of hydrogen-bond acceptors (Lipinski definition) is 8. The maximum atomic E-state index is 6.14. The second kappa shape index (κ2) is 19.3. The summed E-state index contributed by atoms with van der Waals surface area (Å²) >= 11 is 3.66. The molecule has 11 aromatic carbocycles. The van der Waals surface area contributed by atoms with Gasteiger partial charge in [0.05, 0.1) is 36.9 Å². The predicted octanol–water partition coefficient (Wildman–Crippen LogP) is 22.8. The highest BCUT2D eigenvalue weighted by molar-refractivity contribution is 7.26. The molecule has 0 fully saturated rings. The van der Waals surface area contributed by atoms with Crippen LogP contribution in [0, 0.1) is 0 Å². The summed E-state index contributed by atoms with van der Waals surface area (Å²) in [5.74, 6) is 0. The average Bonchev–Trinajstić information content (AvgIpc) is 1.51. The fourth-order valence-electron chi connectivity index (χ4n) is 15.2. The molecule has 19 aromatic rings. The summed E-state index contributed by atoms with van der Waals surface area (Å²) in [6.07, 6.45) is 3.64. The van der Waals surface area contributed by atoms with E-state index in [9.17, 15) is 0 Å². The molecular formula is C83H46N4O2S2. The molecule has 2 aliphatic rings. The minimum absolute atomic E-state index is 0.350. The first kappa shape index (κ1) is 50.6. The van der Waals surface area contributed by atoms with Crippen molar-refractivity contribution < 1.29 is 8.83 Å². The molecule has 0 saturated heterocycles. The van der Waals surface area contributed by atoms with Gasteiger partial charge in [-0.15, -0.1) is 22.7 Å². The molecule has 422 valence electrons. The molecule has 0 saturated carbocycles. The molecule has 2 aliphatic carbocycles. The van der Waals surface area contributed by atoms with E-state index in [4.69, 9.17) is 18.8 Å². The van der Waals surface area contributed by atoms with E-state index in [-0.39, 0.29) is 5.41 Å². The van der Waals surface area contributed by atoms with Gasteiger partial charge in [-0.2, -0.15) is 0 Å². The normalized spacial score (nSPS) is 12.9. The van der Waals surface area contributed by atoms with Crippen molar-refractivity contribution in [3.8, 4) is 66.8 Å². The van der Waals surface area contributed by atoms with E-state index in [0.717, 1.165) is 99.4 Å². The van der Waals surface area contributed by atoms with Crippen molar-refractivity contribution in [1.82, 2.24) is 19.9 Å². The third kappa shape index (κ3) is 7.34. The van der Waals surface area contributed by atoms with E-state index in [0.29, 0.717) is 0 Å². The summed E-state index contributed by atoms with van der Waals surface area (Å²) in [6.45, 7) is 0. The van der Waals surface area contributed by atoms with Gasteiger partial charge in [-0.25, -0.2) is 9.97 Å². The Bertz CT molecular complexity index is 6130. The molecular weight excluding hydrogens is 1150 g/mol. The van der Waals surface area contributed by atoms with Gasteiger partial charge in [0.25, 0.3) is 0 Å². The van der Waals surface area contributed by atoms with Crippen molar-refractivity contribution in [3.63, 3.8) is 0 Å². The van der Waals surface area contributed by atoms with Gasteiger partial charge < -0.3 is 8.83 Å². The van der Waals surface area contributed by atoms with Gasteiger partial charge in [0.15, 0.2) is 11.2 Å². The highest BCUT2D eigenvalue weighted by atomic mass is 32.1. The molecule has 8 heterocycles. The highest BCUT2D eigenvalue weighted by Gasteiger charge is 2.51. The fourth-order valence-corrected chi connectivity index (χ4v) is 17.6. The molecule has 0 radical (unpaired) electrons. The standard InChI is InChI=1S/C43H23N3O2S.C40H23NS/c1-3-9-33-29(7-1)39(43-42(46-33)30-8-2-4-12-38(30)49-43)28-20-26(24-13-15-34-31(22-24)40-36(47-34)10-5-17-44-40)19-27(21-28)25-14-16-35-32(23-25)41-37(48-35)11-6-18-45-41;1-6-16-31-25(11-1)26-12-2-7-17-32(26)40(31)33-18-8-3-13-27(33)28-22-21-24(23-34(28)40)37-29-14-4-9-19-35(29)41-38-30-15-5-10-20-36(30)42-39(37)38/h1-23H;1-23H. The Hall–Kier alpha value is -11.4. The van der Waals surface area contributed by atoms with Crippen LogP contribution in [0.5, 0.6) is 0 Å². The van der Waals surface area contributed by atoms with E-state index in [1.54, 1.807) is 11.3 Å². The van der Waals surface area contributed by atoms with Crippen molar-refractivity contribution in [2.24, 2.45) is 0 Å². The second-order valence-electron chi connectivity index (χ2n) is 23.8. The summed E-state index contributed by atoms with van der Waals surface area (Å²) < 4.78 is 17.2. The second-order valence-corrected chi connectivity index (χ2v) is 25.9. The molecule has 1 spiro atoms. The fraction of sp³-hybridized carbons (Fsp3) is 0.0120. The number of pyridine rings is 4. The molecule has 0 bridgehead atoms. The maximum Gasteiger partial charge on any atom is 0.153 e. The number of rotatable bonds is 4. The number of aromatic nitrogens is 4. The Balaban J connectivity index is 0.000000128. The van der Waals surface area contributed by atoms with Crippen molar-refractivity contribution in [1.29, 1.82) is 0 Å².